The molecule has 0 amide bonds. The third-order valence-corrected chi connectivity index (χ3v) is 7.12. The second-order valence-corrected chi connectivity index (χ2v) is 9.80. The summed E-state index contributed by atoms with van der Waals surface area (Å²) < 4.78 is 0. The normalized spacial score (nSPS) is 11.4. The molecule has 5 aromatic carbocycles. The quantitative estimate of drug-likeness (QED) is 0.206. The maximum atomic E-state index is 9.51. The molecule has 0 aliphatic carbocycles. The lowest BCUT2D eigenvalue weighted by Crippen LogP contribution is -2.10. The predicted octanol–water partition coefficient (Wildman–Crippen LogP) is 8.35. The van der Waals surface area contributed by atoms with Crippen molar-refractivity contribution >= 4 is 28.7 Å². The van der Waals surface area contributed by atoms with Crippen molar-refractivity contribution in [1.82, 2.24) is 0 Å². The Balaban J connectivity index is 1.55. The minimum atomic E-state index is 0.0107. The zero-order valence-electron chi connectivity index (χ0n) is 22.4. The fraction of sp³-hybridized carbons (Fsp3) is 0.111. The Morgan fingerprint density at radius 1 is 0.564 bits per heavy atom. The van der Waals surface area contributed by atoms with Crippen molar-refractivity contribution in [2.45, 2.75) is 27.1 Å². The molecule has 194 valence electrons. The number of benzene rings is 5. The predicted molar refractivity (Wildman–Crippen MR) is 162 cm³/mol. The van der Waals surface area contributed by atoms with Crippen LogP contribution in [0.25, 0.3) is 11.6 Å². The summed E-state index contributed by atoms with van der Waals surface area (Å²) in [5.41, 5.74) is 12.0. The van der Waals surface area contributed by atoms with Crippen LogP contribution in [0.3, 0.4) is 0 Å². The molecule has 0 spiro atoms. The monoisotopic (exact) mass is 511 g/mol. The highest BCUT2D eigenvalue weighted by atomic mass is 16.3. The molecular weight excluding hydrogens is 478 g/mol. The van der Waals surface area contributed by atoms with Gasteiger partial charge in [-0.1, -0.05) is 84.9 Å². The third kappa shape index (κ3) is 6.01. The van der Waals surface area contributed by atoms with Crippen molar-refractivity contribution in [3.63, 3.8) is 0 Å². The van der Waals surface area contributed by atoms with Crippen LogP contribution in [0.4, 0.5) is 17.1 Å². The van der Waals surface area contributed by atoms with E-state index in [1.807, 2.05) is 54.6 Å². The van der Waals surface area contributed by atoms with Gasteiger partial charge in [-0.05, 0) is 101 Å². The molecule has 0 unspecified atom stereocenters. The van der Waals surface area contributed by atoms with Gasteiger partial charge in [0.05, 0.1) is 13.2 Å². The molecule has 39 heavy (non-hydrogen) atoms. The molecule has 0 heterocycles. The lowest BCUT2D eigenvalue weighted by atomic mass is 9.93. The van der Waals surface area contributed by atoms with Gasteiger partial charge in [0, 0.05) is 17.1 Å². The first-order valence-electron chi connectivity index (χ1n) is 13.2. The molecule has 2 N–H and O–H groups in total. The van der Waals surface area contributed by atoms with Gasteiger partial charge >= 0.3 is 0 Å². The minimum Gasteiger partial charge on any atom is -0.392 e. The van der Waals surface area contributed by atoms with Gasteiger partial charge in [-0.25, -0.2) is 0 Å². The molecule has 5 aromatic rings. The SMILES string of the molecule is Cc1ccc(C(=Cc2ccc(N(c3ccc(CO)cc3)c3ccc(CO)cc3)cc2)c2ccccc2)cc1C. The van der Waals surface area contributed by atoms with Crippen LogP contribution in [0.1, 0.15) is 38.9 Å². The maximum absolute atomic E-state index is 9.51. The van der Waals surface area contributed by atoms with E-state index in [-0.39, 0.29) is 13.2 Å². The zero-order chi connectivity index (χ0) is 27.2. The number of aliphatic hydroxyl groups excluding tert-OH is 2. The lowest BCUT2D eigenvalue weighted by molar-refractivity contribution is 0.281. The van der Waals surface area contributed by atoms with E-state index in [2.05, 4.69) is 91.6 Å². The standard InChI is InChI=1S/C36H33NO2/c1-26-8-15-32(22-27(26)2)36(31-6-4-3-5-7-31)23-28-9-16-33(17-10-28)37(34-18-11-29(24-38)12-19-34)35-20-13-30(25-39)14-21-35/h3-23,38-39H,24-25H2,1-2H3. The summed E-state index contributed by atoms with van der Waals surface area (Å²) in [5, 5.41) is 19.0. The molecule has 0 aromatic heterocycles. The lowest BCUT2D eigenvalue weighted by Gasteiger charge is -2.26. The van der Waals surface area contributed by atoms with Crippen molar-refractivity contribution in [3.05, 3.63) is 160 Å². The van der Waals surface area contributed by atoms with E-state index >= 15 is 0 Å². The fourth-order valence-corrected chi connectivity index (χ4v) is 4.69. The van der Waals surface area contributed by atoms with Crippen LogP contribution >= 0.6 is 0 Å². The molecule has 0 saturated carbocycles. The first kappa shape index (κ1) is 26.2. The maximum Gasteiger partial charge on any atom is 0.0681 e. The smallest absolute Gasteiger partial charge is 0.0681 e. The van der Waals surface area contributed by atoms with E-state index in [0.29, 0.717) is 0 Å². The number of anilines is 3. The van der Waals surface area contributed by atoms with Gasteiger partial charge in [0.1, 0.15) is 0 Å². The Morgan fingerprint density at radius 2 is 1.08 bits per heavy atom. The topological polar surface area (TPSA) is 43.7 Å². The van der Waals surface area contributed by atoms with Gasteiger partial charge in [-0.3, -0.25) is 0 Å². The number of hydrogen-bond acceptors (Lipinski definition) is 3. The number of aliphatic hydroxyl groups is 2. The van der Waals surface area contributed by atoms with Gasteiger partial charge in [0.25, 0.3) is 0 Å². The molecule has 0 saturated heterocycles. The van der Waals surface area contributed by atoms with Crippen LogP contribution < -0.4 is 4.90 Å². The summed E-state index contributed by atoms with van der Waals surface area (Å²) in [4.78, 5) is 2.18. The Labute approximate surface area is 231 Å². The van der Waals surface area contributed by atoms with Gasteiger partial charge in [0.2, 0.25) is 0 Å². The van der Waals surface area contributed by atoms with Gasteiger partial charge < -0.3 is 15.1 Å². The molecule has 5 rings (SSSR count). The fourth-order valence-electron chi connectivity index (χ4n) is 4.69. The number of rotatable bonds is 8. The molecule has 0 bridgehead atoms. The average Bonchev–Trinajstić information content (AvgIpc) is 2.99. The second-order valence-electron chi connectivity index (χ2n) is 9.80. The minimum absolute atomic E-state index is 0.0107. The summed E-state index contributed by atoms with van der Waals surface area (Å²) >= 11 is 0. The highest BCUT2D eigenvalue weighted by Gasteiger charge is 2.13. The molecule has 0 radical (unpaired) electrons. The highest BCUT2D eigenvalue weighted by Crippen LogP contribution is 2.35. The van der Waals surface area contributed by atoms with Crippen LogP contribution in [-0.2, 0) is 13.2 Å². The van der Waals surface area contributed by atoms with E-state index in [4.69, 9.17) is 0 Å². The molecule has 3 nitrogen and oxygen atoms in total. The summed E-state index contributed by atoms with van der Waals surface area (Å²) in [6.07, 6.45) is 2.25. The molecule has 0 atom stereocenters. The van der Waals surface area contributed by atoms with E-state index < -0.39 is 0 Å². The average molecular weight is 512 g/mol. The van der Waals surface area contributed by atoms with E-state index in [0.717, 1.165) is 33.8 Å². The van der Waals surface area contributed by atoms with Crippen molar-refractivity contribution < 1.29 is 10.2 Å². The second kappa shape index (κ2) is 12.0. The van der Waals surface area contributed by atoms with Crippen LogP contribution in [0, 0.1) is 13.8 Å². The molecule has 0 fully saturated rings. The van der Waals surface area contributed by atoms with Gasteiger partial charge in [-0.2, -0.15) is 0 Å². The first-order chi connectivity index (χ1) is 19.1. The number of hydrogen-bond donors (Lipinski definition) is 2. The molecule has 0 aliphatic heterocycles. The first-order valence-corrected chi connectivity index (χ1v) is 13.2. The van der Waals surface area contributed by atoms with Crippen molar-refractivity contribution in [2.75, 3.05) is 4.90 Å². The van der Waals surface area contributed by atoms with Crippen molar-refractivity contribution in [3.8, 4) is 0 Å². The Morgan fingerprint density at radius 3 is 1.56 bits per heavy atom. The number of nitrogens with zero attached hydrogens (tertiary/aromatic N) is 1. The Kier molecular flexibility index (Phi) is 8.02. The third-order valence-electron chi connectivity index (χ3n) is 7.12. The summed E-state index contributed by atoms with van der Waals surface area (Å²) in [5.74, 6) is 0. The summed E-state index contributed by atoms with van der Waals surface area (Å²) in [6, 6.07) is 41.6. The Hall–Kier alpha value is -4.44. The van der Waals surface area contributed by atoms with Crippen LogP contribution in [0.2, 0.25) is 0 Å². The molecule has 3 heteroatoms. The van der Waals surface area contributed by atoms with Crippen LogP contribution in [-0.4, -0.2) is 10.2 Å². The van der Waals surface area contributed by atoms with Gasteiger partial charge in [0.15, 0.2) is 0 Å². The Bertz CT molecular complexity index is 1500. The number of aryl methyl sites for hydroxylation is 2. The van der Waals surface area contributed by atoms with E-state index in [9.17, 15) is 10.2 Å². The van der Waals surface area contributed by atoms with Gasteiger partial charge in [-0.15, -0.1) is 0 Å². The van der Waals surface area contributed by atoms with Crippen LogP contribution in [0.5, 0.6) is 0 Å². The highest BCUT2D eigenvalue weighted by molar-refractivity contribution is 5.92. The molecular formula is C36H33NO2. The largest absolute Gasteiger partial charge is 0.392 e. The molecule has 0 aliphatic rings. The summed E-state index contributed by atoms with van der Waals surface area (Å²) in [6.45, 7) is 4.32. The zero-order valence-corrected chi connectivity index (χ0v) is 22.4. The van der Waals surface area contributed by atoms with Crippen LogP contribution in [0.15, 0.2) is 121 Å². The van der Waals surface area contributed by atoms with E-state index in [1.165, 1.54) is 27.8 Å². The van der Waals surface area contributed by atoms with Crippen molar-refractivity contribution in [2.24, 2.45) is 0 Å². The van der Waals surface area contributed by atoms with Crippen molar-refractivity contribution in [1.29, 1.82) is 0 Å². The van der Waals surface area contributed by atoms with E-state index in [1.54, 1.807) is 0 Å². The summed E-state index contributed by atoms with van der Waals surface area (Å²) in [7, 11) is 0.